The second-order valence-electron chi connectivity index (χ2n) is 6.47. The number of nitrogens with one attached hydrogen (secondary N) is 1. The third-order valence-electron chi connectivity index (χ3n) is 4.96. The highest BCUT2D eigenvalue weighted by Gasteiger charge is 2.36. The molecule has 120 valence electrons. The molecule has 0 saturated carbocycles. The molecule has 0 aromatic heterocycles. The van der Waals surface area contributed by atoms with Gasteiger partial charge >= 0.3 is 5.97 Å². The highest BCUT2D eigenvalue weighted by molar-refractivity contribution is 5.73. The molecule has 3 rings (SSSR count). The summed E-state index contributed by atoms with van der Waals surface area (Å²) in [6.45, 7) is 3.37. The van der Waals surface area contributed by atoms with E-state index in [-0.39, 0.29) is 12.6 Å². The van der Waals surface area contributed by atoms with E-state index in [0.717, 1.165) is 6.04 Å². The third kappa shape index (κ3) is 4.08. The standard InChI is InChI=1S/C18H25NO3/c20-18(22-16-8-2-1-3-9-16)14-21-13-15-7-6-12-19-11-5-4-10-17(15)19/h1-3,8-9,15,17H,4-7,10-14H2/p+1/t15-,17+/m0/s1. The minimum atomic E-state index is -0.310. The van der Waals surface area contributed by atoms with Crippen molar-refractivity contribution in [1.82, 2.24) is 0 Å². The molecule has 1 N–H and O–H groups in total. The van der Waals surface area contributed by atoms with Crippen molar-refractivity contribution in [3.63, 3.8) is 0 Å². The van der Waals surface area contributed by atoms with E-state index in [0.29, 0.717) is 18.3 Å². The van der Waals surface area contributed by atoms with Crippen molar-refractivity contribution in [2.45, 2.75) is 38.1 Å². The lowest BCUT2D eigenvalue weighted by Gasteiger charge is -2.41. The molecule has 22 heavy (non-hydrogen) atoms. The molecule has 0 radical (unpaired) electrons. The van der Waals surface area contributed by atoms with Gasteiger partial charge in [-0.1, -0.05) is 18.2 Å². The molecule has 3 atom stereocenters. The van der Waals surface area contributed by atoms with Crippen LogP contribution in [0.5, 0.6) is 5.75 Å². The van der Waals surface area contributed by atoms with E-state index < -0.39 is 0 Å². The van der Waals surface area contributed by atoms with Gasteiger partial charge in [0, 0.05) is 5.92 Å². The number of hydrogen-bond donors (Lipinski definition) is 1. The van der Waals surface area contributed by atoms with Gasteiger partial charge in [0.25, 0.3) is 0 Å². The highest BCUT2D eigenvalue weighted by atomic mass is 16.6. The summed E-state index contributed by atoms with van der Waals surface area (Å²) in [7, 11) is 0. The smallest absolute Gasteiger partial charge is 0.337 e. The van der Waals surface area contributed by atoms with Crippen LogP contribution in [0.1, 0.15) is 32.1 Å². The molecule has 2 heterocycles. The van der Waals surface area contributed by atoms with Crippen LogP contribution >= 0.6 is 0 Å². The average molecular weight is 304 g/mol. The number of hydrogen-bond acceptors (Lipinski definition) is 3. The molecule has 1 aromatic rings. The fourth-order valence-electron chi connectivity index (χ4n) is 3.92. The van der Waals surface area contributed by atoms with Crippen LogP contribution < -0.4 is 9.64 Å². The van der Waals surface area contributed by atoms with Gasteiger partial charge in [-0.2, -0.15) is 0 Å². The van der Waals surface area contributed by atoms with Gasteiger partial charge in [0.1, 0.15) is 12.4 Å². The first-order valence-corrected chi connectivity index (χ1v) is 8.51. The SMILES string of the molecule is O=C(COC[C@@H]1CCC[NH+]2CCCC[C@H]12)Oc1ccccc1. The van der Waals surface area contributed by atoms with Crippen LogP contribution in [0.15, 0.2) is 30.3 Å². The first-order valence-electron chi connectivity index (χ1n) is 8.51. The van der Waals surface area contributed by atoms with Crippen LogP contribution in [0, 0.1) is 5.92 Å². The van der Waals surface area contributed by atoms with Crippen LogP contribution in [0.4, 0.5) is 0 Å². The predicted molar refractivity (Wildman–Crippen MR) is 84.0 cm³/mol. The highest BCUT2D eigenvalue weighted by Crippen LogP contribution is 2.20. The van der Waals surface area contributed by atoms with Crippen LogP contribution in [0.25, 0.3) is 0 Å². The maximum Gasteiger partial charge on any atom is 0.337 e. The quantitative estimate of drug-likeness (QED) is 0.661. The topological polar surface area (TPSA) is 40.0 Å². The molecule has 4 nitrogen and oxygen atoms in total. The van der Waals surface area contributed by atoms with Crippen molar-refractivity contribution < 1.29 is 19.2 Å². The fraction of sp³-hybridized carbons (Fsp3) is 0.611. The maximum absolute atomic E-state index is 11.8. The second kappa shape index (κ2) is 7.75. The normalized spacial score (nSPS) is 27.9. The predicted octanol–water partition coefficient (Wildman–Crippen LogP) is 1.46. The van der Waals surface area contributed by atoms with E-state index in [1.165, 1.54) is 45.2 Å². The van der Waals surface area contributed by atoms with Crippen LogP contribution in [-0.4, -0.2) is 38.3 Å². The molecule has 4 heteroatoms. The summed E-state index contributed by atoms with van der Waals surface area (Å²) in [6, 6.07) is 9.91. The molecule has 1 unspecified atom stereocenters. The lowest BCUT2D eigenvalue weighted by Crippen LogP contribution is -3.18. The van der Waals surface area contributed by atoms with Gasteiger partial charge in [-0.15, -0.1) is 0 Å². The number of carbonyl (C=O) groups is 1. The van der Waals surface area contributed by atoms with Gasteiger partial charge in [-0.05, 0) is 44.2 Å². The van der Waals surface area contributed by atoms with Gasteiger partial charge in [0.05, 0.1) is 25.7 Å². The number of benzene rings is 1. The largest absolute Gasteiger partial charge is 0.425 e. The van der Waals surface area contributed by atoms with Crippen LogP contribution in [0.2, 0.25) is 0 Å². The summed E-state index contributed by atoms with van der Waals surface area (Å²) in [4.78, 5) is 13.5. The Kier molecular flexibility index (Phi) is 5.46. The van der Waals surface area contributed by atoms with E-state index in [9.17, 15) is 4.79 Å². The van der Waals surface area contributed by atoms with E-state index in [1.807, 2.05) is 18.2 Å². The zero-order chi connectivity index (χ0) is 15.2. The zero-order valence-electron chi connectivity index (χ0n) is 13.1. The summed E-state index contributed by atoms with van der Waals surface area (Å²) in [6.07, 6.45) is 6.55. The van der Waals surface area contributed by atoms with Gasteiger partial charge < -0.3 is 14.4 Å². The first kappa shape index (κ1) is 15.5. The number of esters is 1. The first-order chi connectivity index (χ1) is 10.8. The summed E-state index contributed by atoms with van der Waals surface area (Å²) in [5, 5.41) is 0. The van der Waals surface area contributed by atoms with Crippen molar-refractivity contribution >= 4 is 5.97 Å². The summed E-state index contributed by atoms with van der Waals surface area (Å²) >= 11 is 0. The van der Waals surface area contributed by atoms with Crippen LogP contribution in [0.3, 0.4) is 0 Å². The number of para-hydroxylation sites is 1. The van der Waals surface area contributed by atoms with Gasteiger partial charge in [0.15, 0.2) is 0 Å². The van der Waals surface area contributed by atoms with E-state index in [1.54, 1.807) is 17.0 Å². The molecule has 1 aromatic carbocycles. The third-order valence-corrected chi connectivity index (χ3v) is 4.96. The monoisotopic (exact) mass is 304 g/mol. The Bertz CT molecular complexity index is 474. The minimum Gasteiger partial charge on any atom is -0.425 e. The second-order valence-corrected chi connectivity index (χ2v) is 6.47. The van der Waals surface area contributed by atoms with E-state index in [4.69, 9.17) is 9.47 Å². The number of piperidine rings is 2. The zero-order valence-corrected chi connectivity index (χ0v) is 13.1. The maximum atomic E-state index is 11.8. The Morgan fingerprint density at radius 1 is 1.09 bits per heavy atom. The van der Waals surface area contributed by atoms with Crippen molar-refractivity contribution in [3.8, 4) is 5.75 Å². The fourth-order valence-corrected chi connectivity index (χ4v) is 3.92. The van der Waals surface area contributed by atoms with Crippen molar-refractivity contribution in [3.05, 3.63) is 30.3 Å². The Morgan fingerprint density at radius 2 is 1.91 bits per heavy atom. The summed E-state index contributed by atoms with van der Waals surface area (Å²) < 4.78 is 10.9. The van der Waals surface area contributed by atoms with Crippen LogP contribution in [-0.2, 0) is 9.53 Å². The van der Waals surface area contributed by atoms with Crippen molar-refractivity contribution in [1.29, 1.82) is 0 Å². The lowest BCUT2D eigenvalue weighted by atomic mass is 9.84. The van der Waals surface area contributed by atoms with Gasteiger partial charge in [-0.25, -0.2) is 4.79 Å². The molecule has 0 aliphatic carbocycles. The summed E-state index contributed by atoms with van der Waals surface area (Å²) in [5.41, 5.74) is 0. The Hall–Kier alpha value is -1.39. The molecule has 0 amide bonds. The minimum absolute atomic E-state index is 0.0491. The Labute approximate surface area is 132 Å². The van der Waals surface area contributed by atoms with E-state index >= 15 is 0 Å². The molecule has 2 saturated heterocycles. The number of carbonyl (C=O) groups excluding carboxylic acids is 1. The Balaban J connectivity index is 1.41. The number of quaternary nitrogens is 1. The van der Waals surface area contributed by atoms with Crippen molar-refractivity contribution in [2.24, 2.45) is 5.92 Å². The molecule has 2 fully saturated rings. The van der Waals surface area contributed by atoms with Crippen molar-refractivity contribution in [2.75, 3.05) is 26.3 Å². The van der Waals surface area contributed by atoms with E-state index in [2.05, 4.69) is 0 Å². The van der Waals surface area contributed by atoms with Gasteiger partial charge in [-0.3, -0.25) is 0 Å². The molecular weight excluding hydrogens is 278 g/mol. The number of fused-ring (bicyclic) bond motifs is 1. The Morgan fingerprint density at radius 3 is 2.77 bits per heavy atom. The number of ether oxygens (including phenoxy) is 2. The molecule has 2 aliphatic rings. The average Bonchev–Trinajstić information content (AvgIpc) is 2.56. The molecular formula is C18H26NO3+. The molecule has 0 bridgehead atoms. The van der Waals surface area contributed by atoms with Gasteiger partial charge in [0.2, 0.25) is 0 Å². The molecule has 0 spiro atoms. The number of rotatable bonds is 5. The lowest BCUT2D eigenvalue weighted by molar-refractivity contribution is -0.940. The summed E-state index contributed by atoms with van der Waals surface area (Å²) in [5.74, 6) is 0.875. The molecule has 2 aliphatic heterocycles.